The van der Waals surface area contributed by atoms with E-state index in [2.05, 4.69) is 26.2 Å². The van der Waals surface area contributed by atoms with Crippen molar-refractivity contribution in [3.63, 3.8) is 0 Å². The predicted octanol–water partition coefficient (Wildman–Crippen LogP) is 6.07. The van der Waals surface area contributed by atoms with Crippen molar-refractivity contribution in [2.45, 2.75) is 29.5 Å². The van der Waals surface area contributed by atoms with Gasteiger partial charge in [0.15, 0.2) is 6.61 Å². The molecule has 4 aliphatic rings. The maximum Gasteiger partial charge on any atom is 0.338 e. The molecule has 3 fully saturated rings. The summed E-state index contributed by atoms with van der Waals surface area (Å²) < 4.78 is 12.1. The summed E-state index contributed by atoms with van der Waals surface area (Å²) in [6.07, 6.45) is 0.726. The lowest BCUT2D eigenvalue weighted by atomic mass is 9.68. The van der Waals surface area contributed by atoms with E-state index < -0.39 is 17.8 Å². The number of H-pyrrole nitrogens is 1. The predicted molar refractivity (Wildman–Crippen MR) is 188 cm³/mol. The third-order valence-corrected chi connectivity index (χ3v) is 13.2. The number of aromatic amines is 1. The van der Waals surface area contributed by atoms with Crippen LogP contribution in [0, 0.1) is 29.6 Å². The molecule has 3 amide bonds. The summed E-state index contributed by atoms with van der Waals surface area (Å²) in [4.78, 5) is 71.1. The number of imide groups is 1. The quantitative estimate of drug-likeness (QED) is 0.163. The molecular weight excluding hydrogens is 730 g/mol. The number of fused-ring (bicyclic) bond motifs is 9. The summed E-state index contributed by atoms with van der Waals surface area (Å²) in [6, 6.07) is 21.2. The van der Waals surface area contributed by atoms with Crippen LogP contribution >= 0.6 is 39.0 Å². The molecule has 2 bridgehead atoms. The van der Waals surface area contributed by atoms with Gasteiger partial charge in [-0.25, -0.2) is 4.79 Å². The number of halogens is 1. The maximum absolute atomic E-state index is 14.2. The minimum Gasteiger partial charge on any atom is -0.483 e. The Bertz CT molecular complexity index is 2050. The monoisotopic (exact) mass is 759 g/mol. The van der Waals surface area contributed by atoms with Gasteiger partial charge < -0.3 is 19.8 Å². The number of thiazole rings is 1. The number of para-hydroxylation sites is 1. The van der Waals surface area contributed by atoms with Crippen LogP contribution in [0.3, 0.4) is 0 Å². The molecule has 8 rings (SSSR count). The van der Waals surface area contributed by atoms with E-state index in [1.54, 1.807) is 55.1 Å². The molecule has 3 aromatic carbocycles. The Hall–Kier alpha value is -4.20. The number of hydrogen-bond donors (Lipinski definition) is 2. The maximum atomic E-state index is 14.2. The standard InChI is InChI=1S/C36H30BrN3O7S2/c1-2-46-35(44)17-8-11-20(12-9-17)40-33(42)28-22-15-23(29(28)34(40)43)30-27(22)26(31-32(48-30)39-36(45)49-31)21-14-18(37)10-13-24(21)47-16-25(41)38-19-6-4-3-5-7-19/h3-14,22-23,26-30H,2,15-16H2,1H3,(H,38,41)(H,39,45)/t22-,23-,26-,27?,28?,29?,30?/m1/s1. The lowest BCUT2D eigenvalue weighted by Gasteiger charge is -2.43. The average molecular weight is 761 g/mol. The van der Waals surface area contributed by atoms with Gasteiger partial charge in [-0.1, -0.05) is 45.5 Å². The van der Waals surface area contributed by atoms with Crippen LogP contribution in [0.5, 0.6) is 5.75 Å². The Morgan fingerprint density at radius 3 is 2.45 bits per heavy atom. The van der Waals surface area contributed by atoms with Gasteiger partial charge in [-0.15, -0.1) is 11.8 Å². The second-order valence-electron chi connectivity index (χ2n) is 12.6. The van der Waals surface area contributed by atoms with E-state index >= 15 is 0 Å². The lowest BCUT2D eigenvalue weighted by Crippen LogP contribution is -2.42. The molecule has 2 N–H and O–H groups in total. The number of nitrogens with one attached hydrogen (secondary N) is 2. The SMILES string of the molecule is CCOC(=O)c1ccc(N2C(=O)C3C(C2=O)[C@@H]2C[C@H]3C3Sc4[nH]c(=O)sc4[C@H](c4cc(Br)ccc4OCC(=O)Nc4ccccc4)C32)cc1. The smallest absolute Gasteiger partial charge is 0.338 e. The number of aromatic nitrogens is 1. The molecule has 2 aliphatic heterocycles. The molecule has 10 nitrogen and oxygen atoms in total. The number of rotatable bonds is 8. The molecule has 49 heavy (non-hydrogen) atoms. The van der Waals surface area contributed by atoms with Crippen LogP contribution in [0.15, 0.2) is 87.1 Å². The zero-order chi connectivity index (χ0) is 34.0. The van der Waals surface area contributed by atoms with Crippen molar-refractivity contribution in [3.05, 3.63) is 103 Å². The molecular formula is C36H30BrN3O7S2. The molecule has 4 unspecified atom stereocenters. The average Bonchev–Trinajstić information content (AvgIpc) is 3.83. The molecule has 1 saturated heterocycles. The first kappa shape index (κ1) is 32.0. The molecule has 1 aromatic heterocycles. The molecule has 7 atom stereocenters. The zero-order valence-electron chi connectivity index (χ0n) is 26.1. The van der Waals surface area contributed by atoms with Crippen molar-refractivity contribution in [2.24, 2.45) is 29.6 Å². The van der Waals surface area contributed by atoms with Crippen molar-refractivity contribution in [1.82, 2.24) is 4.98 Å². The highest BCUT2D eigenvalue weighted by Crippen LogP contribution is 2.69. The van der Waals surface area contributed by atoms with Crippen molar-refractivity contribution in [2.75, 3.05) is 23.4 Å². The fourth-order valence-electron chi connectivity index (χ4n) is 8.34. The molecule has 0 radical (unpaired) electrons. The van der Waals surface area contributed by atoms with Gasteiger partial charge in [-0.05, 0) is 85.7 Å². The van der Waals surface area contributed by atoms with Crippen molar-refractivity contribution < 1.29 is 28.7 Å². The highest BCUT2D eigenvalue weighted by molar-refractivity contribution is 9.10. The molecule has 13 heteroatoms. The van der Waals surface area contributed by atoms with E-state index in [0.717, 1.165) is 37.7 Å². The number of hydrogen-bond acceptors (Lipinski definition) is 9. The number of ether oxygens (including phenoxy) is 2. The van der Waals surface area contributed by atoms with Gasteiger partial charge in [-0.2, -0.15) is 0 Å². The lowest BCUT2D eigenvalue weighted by molar-refractivity contribution is -0.123. The first-order valence-corrected chi connectivity index (χ1v) is 18.5. The molecule has 2 saturated carbocycles. The Morgan fingerprint density at radius 2 is 1.71 bits per heavy atom. The van der Waals surface area contributed by atoms with E-state index in [1.165, 1.54) is 4.90 Å². The van der Waals surface area contributed by atoms with Gasteiger partial charge in [0, 0.05) is 31.8 Å². The zero-order valence-corrected chi connectivity index (χ0v) is 29.3. The highest BCUT2D eigenvalue weighted by atomic mass is 79.9. The number of nitrogens with zero attached hydrogens (tertiary/aromatic N) is 1. The van der Waals surface area contributed by atoms with Crippen molar-refractivity contribution in [1.29, 1.82) is 0 Å². The Balaban J connectivity index is 1.12. The number of amides is 3. The van der Waals surface area contributed by atoms with Crippen LogP contribution in [0.2, 0.25) is 0 Å². The van der Waals surface area contributed by atoms with Gasteiger partial charge in [0.2, 0.25) is 11.8 Å². The number of esters is 1. The minimum absolute atomic E-state index is 0.0231. The van der Waals surface area contributed by atoms with Gasteiger partial charge in [-0.3, -0.25) is 24.1 Å². The number of anilines is 2. The van der Waals surface area contributed by atoms with Gasteiger partial charge in [0.25, 0.3) is 5.91 Å². The topological polar surface area (TPSA) is 135 Å². The number of benzene rings is 3. The van der Waals surface area contributed by atoms with Gasteiger partial charge in [0.05, 0.1) is 34.7 Å². The van der Waals surface area contributed by atoms with Crippen LogP contribution in [0.25, 0.3) is 0 Å². The summed E-state index contributed by atoms with van der Waals surface area (Å²) >= 11 is 6.39. The van der Waals surface area contributed by atoms with E-state index in [1.807, 2.05) is 36.4 Å². The summed E-state index contributed by atoms with van der Waals surface area (Å²) in [5, 5.41) is 3.60. The fraction of sp³-hybridized carbons (Fsp3) is 0.306. The summed E-state index contributed by atoms with van der Waals surface area (Å²) in [6.45, 7) is 1.76. The largest absolute Gasteiger partial charge is 0.483 e. The minimum atomic E-state index is -0.503. The second kappa shape index (κ2) is 12.6. The van der Waals surface area contributed by atoms with E-state index in [0.29, 0.717) is 22.7 Å². The Kier molecular flexibility index (Phi) is 8.24. The summed E-state index contributed by atoms with van der Waals surface area (Å²) in [5.74, 6) is -2.22. The van der Waals surface area contributed by atoms with Crippen LogP contribution in [0.4, 0.5) is 11.4 Å². The second-order valence-corrected chi connectivity index (χ2v) is 15.7. The molecule has 4 aromatic rings. The van der Waals surface area contributed by atoms with E-state index in [-0.39, 0.29) is 64.7 Å². The van der Waals surface area contributed by atoms with Crippen LogP contribution in [-0.2, 0) is 19.1 Å². The van der Waals surface area contributed by atoms with Gasteiger partial charge >= 0.3 is 10.8 Å². The third-order valence-electron chi connectivity index (χ3n) is 10.1. The van der Waals surface area contributed by atoms with Crippen molar-refractivity contribution >= 4 is 74.1 Å². The molecule has 0 spiro atoms. The Morgan fingerprint density at radius 1 is 0.980 bits per heavy atom. The molecule has 3 heterocycles. The van der Waals surface area contributed by atoms with Crippen molar-refractivity contribution in [3.8, 4) is 5.75 Å². The van der Waals surface area contributed by atoms with Crippen LogP contribution < -0.4 is 19.8 Å². The number of thioether (sulfide) groups is 1. The third kappa shape index (κ3) is 5.42. The van der Waals surface area contributed by atoms with E-state index in [9.17, 15) is 24.0 Å². The summed E-state index contributed by atoms with van der Waals surface area (Å²) in [7, 11) is 0. The first-order valence-electron chi connectivity index (χ1n) is 16.0. The fourth-order valence-corrected chi connectivity index (χ4v) is 11.6. The molecule has 2 aliphatic carbocycles. The summed E-state index contributed by atoms with van der Waals surface area (Å²) in [5.41, 5.74) is 2.27. The number of carbonyl (C=O) groups excluding carboxylic acids is 4. The van der Waals surface area contributed by atoms with Crippen LogP contribution in [0.1, 0.15) is 40.1 Å². The van der Waals surface area contributed by atoms with E-state index in [4.69, 9.17) is 9.47 Å². The molecule has 250 valence electrons. The normalized spacial score (nSPS) is 26.2. The van der Waals surface area contributed by atoms with Gasteiger partial charge in [0.1, 0.15) is 5.75 Å². The van der Waals surface area contributed by atoms with Crippen LogP contribution in [-0.4, -0.2) is 47.1 Å². The number of carbonyl (C=O) groups is 4. The highest BCUT2D eigenvalue weighted by Gasteiger charge is 2.70. The first-order chi connectivity index (χ1) is 23.7. The Labute approximate surface area is 297 Å².